The minimum Gasteiger partial charge on any atom is -0.383 e. The molecule has 0 amide bonds. The average Bonchev–Trinajstić information content (AvgIpc) is 2.69. The van der Waals surface area contributed by atoms with Crippen LogP contribution in [0, 0.1) is 6.92 Å². The van der Waals surface area contributed by atoms with E-state index in [9.17, 15) is 0 Å². The van der Waals surface area contributed by atoms with Crippen molar-refractivity contribution in [3.8, 4) is 0 Å². The van der Waals surface area contributed by atoms with Gasteiger partial charge in [-0.05, 0) is 13.0 Å². The number of aromatic nitrogens is 2. The van der Waals surface area contributed by atoms with Crippen molar-refractivity contribution in [1.29, 1.82) is 0 Å². The van der Waals surface area contributed by atoms with Gasteiger partial charge in [-0.25, -0.2) is 10.8 Å². The zero-order chi connectivity index (χ0) is 12.3. The van der Waals surface area contributed by atoms with Crippen LogP contribution in [0.25, 0.3) is 10.2 Å². The fourth-order valence-corrected chi connectivity index (χ4v) is 2.39. The molecule has 0 spiro atoms. The molecule has 0 aromatic carbocycles. The summed E-state index contributed by atoms with van der Waals surface area (Å²) in [7, 11) is 1.67. The first kappa shape index (κ1) is 12.0. The van der Waals surface area contributed by atoms with E-state index in [1.807, 2.05) is 6.92 Å². The first-order valence-electron chi connectivity index (χ1n) is 5.22. The number of thiophene rings is 1. The van der Waals surface area contributed by atoms with Crippen molar-refractivity contribution in [2.75, 3.05) is 31.0 Å². The van der Waals surface area contributed by atoms with Gasteiger partial charge in [0, 0.05) is 18.5 Å². The number of nitrogens with zero attached hydrogens (tertiary/aromatic N) is 2. The number of anilines is 2. The number of ether oxygens (including phenoxy) is 1. The van der Waals surface area contributed by atoms with Crippen LogP contribution >= 0.6 is 11.3 Å². The lowest BCUT2D eigenvalue weighted by atomic mass is 10.3. The van der Waals surface area contributed by atoms with E-state index >= 15 is 0 Å². The molecule has 0 aliphatic heterocycles. The molecule has 0 saturated carbocycles. The molecule has 17 heavy (non-hydrogen) atoms. The minimum absolute atomic E-state index is 0.416. The van der Waals surface area contributed by atoms with Crippen LogP contribution in [0.2, 0.25) is 0 Å². The highest BCUT2D eigenvalue weighted by Gasteiger charge is 2.09. The molecule has 2 aromatic rings. The second-order valence-electron chi connectivity index (χ2n) is 3.54. The van der Waals surface area contributed by atoms with Gasteiger partial charge in [0.15, 0.2) is 0 Å². The van der Waals surface area contributed by atoms with E-state index in [0.717, 1.165) is 16.0 Å². The second kappa shape index (κ2) is 5.26. The lowest BCUT2D eigenvalue weighted by Gasteiger charge is -2.07. The summed E-state index contributed by atoms with van der Waals surface area (Å²) in [5, 5.41) is 4.23. The Morgan fingerprint density at radius 3 is 3.00 bits per heavy atom. The van der Waals surface area contributed by atoms with Gasteiger partial charge in [-0.15, -0.1) is 11.3 Å². The van der Waals surface area contributed by atoms with Gasteiger partial charge in [-0.2, -0.15) is 4.98 Å². The Balaban J connectivity index is 2.36. The second-order valence-corrected chi connectivity index (χ2v) is 4.77. The Hall–Kier alpha value is -1.44. The lowest BCUT2D eigenvalue weighted by Crippen LogP contribution is -2.13. The summed E-state index contributed by atoms with van der Waals surface area (Å²) in [4.78, 5) is 10.7. The highest BCUT2D eigenvalue weighted by molar-refractivity contribution is 7.18. The van der Waals surface area contributed by atoms with Crippen LogP contribution in [-0.4, -0.2) is 30.2 Å². The predicted octanol–water partition coefficient (Wildman–Crippen LogP) is 1.34. The van der Waals surface area contributed by atoms with Crippen molar-refractivity contribution in [1.82, 2.24) is 9.97 Å². The molecule has 2 aromatic heterocycles. The zero-order valence-electron chi connectivity index (χ0n) is 9.78. The number of fused-ring (bicyclic) bond motifs is 1. The molecule has 92 valence electrons. The van der Waals surface area contributed by atoms with Crippen LogP contribution in [0.5, 0.6) is 0 Å². The molecule has 0 aliphatic rings. The normalized spacial score (nSPS) is 10.8. The largest absolute Gasteiger partial charge is 0.383 e. The SMILES string of the molecule is COCCNc1nc(NN)nc2sc(C)cc12. The molecule has 0 unspecified atom stereocenters. The van der Waals surface area contributed by atoms with Crippen LogP contribution in [-0.2, 0) is 4.74 Å². The van der Waals surface area contributed by atoms with E-state index < -0.39 is 0 Å². The summed E-state index contributed by atoms with van der Waals surface area (Å²) in [6, 6.07) is 2.06. The third-order valence-corrected chi connectivity index (χ3v) is 3.19. The van der Waals surface area contributed by atoms with Gasteiger partial charge in [0.2, 0.25) is 5.95 Å². The summed E-state index contributed by atoms with van der Waals surface area (Å²) in [6.07, 6.45) is 0. The number of hydrazine groups is 1. The number of hydrogen-bond donors (Lipinski definition) is 3. The van der Waals surface area contributed by atoms with Crippen LogP contribution in [0.15, 0.2) is 6.07 Å². The monoisotopic (exact) mass is 253 g/mol. The van der Waals surface area contributed by atoms with Gasteiger partial charge < -0.3 is 10.1 Å². The molecule has 7 heteroatoms. The maximum Gasteiger partial charge on any atom is 0.240 e. The van der Waals surface area contributed by atoms with E-state index in [0.29, 0.717) is 19.1 Å². The molecule has 0 saturated heterocycles. The third kappa shape index (κ3) is 2.63. The number of nitrogens with two attached hydrogens (primary N) is 1. The molecular weight excluding hydrogens is 238 g/mol. The molecular formula is C10H15N5OS. The van der Waals surface area contributed by atoms with Crippen molar-refractivity contribution in [2.45, 2.75) is 6.92 Å². The highest BCUT2D eigenvalue weighted by Crippen LogP contribution is 2.29. The Labute approximate surface area is 103 Å². The standard InChI is InChI=1S/C10H15N5OS/c1-6-5-7-8(12-3-4-16-2)13-10(15-11)14-9(7)17-6/h5H,3-4,11H2,1-2H3,(H2,12,13,14,15). The Morgan fingerprint density at radius 2 is 2.29 bits per heavy atom. The van der Waals surface area contributed by atoms with Gasteiger partial charge >= 0.3 is 0 Å². The average molecular weight is 253 g/mol. The quantitative estimate of drug-likeness (QED) is 0.423. The fourth-order valence-electron chi connectivity index (χ4n) is 1.51. The van der Waals surface area contributed by atoms with Gasteiger partial charge in [0.1, 0.15) is 10.6 Å². The molecule has 4 N–H and O–H groups in total. The lowest BCUT2D eigenvalue weighted by molar-refractivity contribution is 0.210. The van der Waals surface area contributed by atoms with Crippen molar-refractivity contribution in [3.63, 3.8) is 0 Å². The van der Waals surface area contributed by atoms with Gasteiger partial charge in [0.25, 0.3) is 0 Å². The van der Waals surface area contributed by atoms with Gasteiger partial charge in [0.05, 0.1) is 12.0 Å². The topological polar surface area (TPSA) is 85.1 Å². The Kier molecular flexibility index (Phi) is 3.72. The van der Waals surface area contributed by atoms with Crippen molar-refractivity contribution in [3.05, 3.63) is 10.9 Å². The number of aryl methyl sites for hydroxylation is 1. The summed E-state index contributed by atoms with van der Waals surface area (Å²) < 4.78 is 4.99. The van der Waals surface area contributed by atoms with Crippen LogP contribution in [0.3, 0.4) is 0 Å². The number of nitrogens with one attached hydrogen (secondary N) is 2. The van der Waals surface area contributed by atoms with Crippen molar-refractivity contribution < 1.29 is 4.74 Å². The first-order chi connectivity index (χ1) is 8.24. The Bertz CT molecular complexity index is 513. The molecule has 0 atom stereocenters. The molecule has 0 aliphatic carbocycles. The number of hydrogen-bond acceptors (Lipinski definition) is 7. The van der Waals surface area contributed by atoms with E-state index in [4.69, 9.17) is 10.6 Å². The van der Waals surface area contributed by atoms with E-state index in [1.54, 1.807) is 18.4 Å². The third-order valence-electron chi connectivity index (χ3n) is 2.24. The highest BCUT2D eigenvalue weighted by atomic mass is 32.1. The van der Waals surface area contributed by atoms with Crippen molar-refractivity contribution in [2.24, 2.45) is 5.84 Å². The summed E-state index contributed by atoms with van der Waals surface area (Å²) in [6.45, 7) is 3.36. The van der Waals surface area contributed by atoms with E-state index in [-0.39, 0.29) is 0 Å². The number of nitrogen functional groups attached to an aromatic ring is 1. The summed E-state index contributed by atoms with van der Waals surface area (Å²) in [5.41, 5.74) is 2.47. The van der Waals surface area contributed by atoms with Crippen molar-refractivity contribution >= 4 is 33.3 Å². The van der Waals surface area contributed by atoms with E-state index in [2.05, 4.69) is 26.8 Å². The van der Waals surface area contributed by atoms with Gasteiger partial charge in [-0.1, -0.05) is 0 Å². The number of rotatable bonds is 5. The predicted molar refractivity (Wildman–Crippen MR) is 70.3 cm³/mol. The number of methoxy groups -OCH3 is 1. The van der Waals surface area contributed by atoms with Crippen LogP contribution < -0.4 is 16.6 Å². The van der Waals surface area contributed by atoms with Gasteiger partial charge in [-0.3, -0.25) is 5.43 Å². The zero-order valence-corrected chi connectivity index (χ0v) is 10.6. The maximum atomic E-state index is 5.35. The summed E-state index contributed by atoms with van der Waals surface area (Å²) in [5.74, 6) is 6.55. The molecule has 0 bridgehead atoms. The first-order valence-corrected chi connectivity index (χ1v) is 6.04. The smallest absolute Gasteiger partial charge is 0.240 e. The minimum atomic E-state index is 0.416. The molecule has 2 rings (SSSR count). The molecule has 0 radical (unpaired) electrons. The van der Waals surface area contributed by atoms with Crippen LogP contribution in [0.1, 0.15) is 4.88 Å². The van der Waals surface area contributed by atoms with E-state index in [1.165, 1.54) is 4.88 Å². The Morgan fingerprint density at radius 1 is 1.47 bits per heavy atom. The molecule has 0 fully saturated rings. The van der Waals surface area contributed by atoms with Crippen LogP contribution in [0.4, 0.5) is 11.8 Å². The molecule has 2 heterocycles. The summed E-state index contributed by atoms with van der Waals surface area (Å²) >= 11 is 1.62. The maximum absolute atomic E-state index is 5.35. The fraction of sp³-hybridized carbons (Fsp3) is 0.400. The molecule has 6 nitrogen and oxygen atoms in total.